The maximum Gasteiger partial charge on any atom is 0.323 e. The van der Waals surface area contributed by atoms with E-state index in [2.05, 4.69) is 44.1 Å². The van der Waals surface area contributed by atoms with Crippen LogP contribution in [0.3, 0.4) is 0 Å². The van der Waals surface area contributed by atoms with Gasteiger partial charge in [0.1, 0.15) is 11.0 Å². The number of rotatable bonds is 6. The Morgan fingerprint density at radius 2 is 2.18 bits per heavy atom. The first-order valence-electron chi connectivity index (χ1n) is 6.81. The second-order valence-corrected chi connectivity index (χ2v) is 7.49. The summed E-state index contributed by atoms with van der Waals surface area (Å²) in [7, 11) is 0. The number of ether oxygens (including phenoxy) is 1. The molecule has 1 aliphatic rings. The average molecular weight is 452 g/mol. The van der Waals surface area contributed by atoms with Gasteiger partial charge in [-0.05, 0) is 40.7 Å². The normalized spacial score (nSPS) is 17.0. The third-order valence-corrected chi connectivity index (χ3v) is 5.25. The zero-order chi connectivity index (χ0) is 16.3. The van der Waals surface area contributed by atoms with Crippen LogP contribution in [0.5, 0.6) is 5.75 Å². The Bertz CT molecular complexity index is 622. The smallest absolute Gasteiger partial charge is 0.323 e. The minimum Gasteiger partial charge on any atom is -0.434 e. The summed E-state index contributed by atoms with van der Waals surface area (Å²) < 4.78 is 7.44. The lowest BCUT2D eigenvalue weighted by atomic mass is 10.1. The van der Waals surface area contributed by atoms with Crippen molar-refractivity contribution >= 4 is 43.6 Å². The van der Waals surface area contributed by atoms with Gasteiger partial charge in [-0.1, -0.05) is 29.3 Å². The van der Waals surface area contributed by atoms with Crippen LogP contribution in [0, 0.1) is 10.1 Å². The van der Waals surface area contributed by atoms with Gasteiger partial charge in [0.15, 0.2) is 0 Å². The van der Waals surface area contributed by atoms with E-state index in [0.717, 1.165) is 27.4 Å². The zero-order valence-electron chi connectivity index (χ0n) is 12.2. The molecule has 120 valence electrons. The van der Waals surface area contributed by atoms with E-state index < -0.39 is 0 Å². The fourth-order valence-electron chi connectivity index (χ4n) is 2.23. The largest absolute Gasteiger partial charge is 0.434 e. The van der Waals surface area contributed by atoms with Gasteiger partial charge < -0.3 is 10.1 Å². The molecule has 0 bridgehead atoms. The monoisotopic (exact) mass is 450 g/mol. The second kappa shape index (κ2) is 7.70. The Morgan fingerprint density at radius 1 is 1.45 bits per heavy atom. The topological polar surface area (TPSA) is 64.4 Å². The lowest BCUT2D eigenvalue weighted by Crippen LogP contribution is -2.29. The van der Waals surface area contributed by atoms with E-state index in [9.17, 15) is 10.1 Å². The highest BCUT2D eigenvalue weighted by molar-refractivity contribution is 9.11. The standard InChI is InChI=1S/C14H16Br2N2O3S/c1-3-4-5-17-14-11(18(19)20)13(22-2)9-6-8(15)7-10(16)12(9)21-14/h6-7,13,17H,3-5H2,1-2H3. The highest BCUT2D eigenvalue weighted by Gasteiger charge is 2.39. The molecule has 1 aromatic carbocycles. The van der Waals surface area contributed by atoms with Gasteiger partial charge in [0.25, 0.3) is 5.88 Å². The Kier molecular flexibility index (Phi) is 6.17. The van der Waals surface area contributed by atoms with Gasteiger partial charge in [-0.3, -0.25) is 10.1 Å². The lowest BCUT2D eigenvalue weighted by molar-refractivity contribution is -0.431. The van der Waals surface area contributed by atoms with Crippen LogP contribution in [0.25, 0.3) is 0 Å². The summed E-state index contributed by atoms with van der Waals surface area (Å²) in [6.07, 6.45) is 3.80. The van der Waals surface area contributed by atoms with Crippen molar-refractivity contribution in [3.8, 4) is 5.75 Å². The number of nitro groups is 1. The van der Waals surface area contributed by atoms with Gasteiger partial charge >= 0.3 is 5.70 Å². The first-order valence-corrected chi connectivity index (χ1v) is 9.69. The van der Waals surface area contributed by atoms with Crippen LogP contribution < -0.4 is 10.1 Å². The van der Waals surface area contributed by atoms with Gasteiger partial charge in [0.2, 0.25) is 0 Å². The average Bonchev–Trinajstić information content (AvgIpc) is 2.46. The summed E-state index contributed by atoms with van der Waals surface area (Å²) >= 11 is 8.32. The molecule has 0 amide bonds. The van der Waals surface area contributed by atoms with Crippen LogP contribution in [0.15, 0.2) is 32.7 Å². The summed E-state index contributed by atoms with van der Waals surface area (Å²) in [5.74, 6) is 0.875. The molecule has 1 unspecified atom stereocenters. The molecule has 8 heteroatoms. The summed E-state index contributed by atoms with van der Waals surface area (Å²) in [5.41, 5.74) is 0.864. The summed E-state index contributed by atoms with van der Waals surface area (Å²) in [6, 6.07) is 3.74. The van der Waals surface area contributed by atoms with Crippen molar-refractivity contribution in [1.29, 1.82) is 0 Å². The van der Waals surface area contributed by atoms with E-state index in [4.69, 9.17) is 4.74 Å². The van der Waals surface area contributed by atoms with Gasteiger partial charge in [0.05, 0.1) is 9.40 Å². The fraction of sp³-hybridized carbons (Fsp3) is 0.429. The van der Waals surface area contributed by atoms with Gasteiger partial charge in [0, 0.05) is 16.6 Å². The Morgan fingerprint density at radius 3 is 2.77 bits per heavy atom. The molecule has 1 heterocycles. The summed E-state index contributed by atoms with van der Waals surface area (Å²) in [4.78, 5) is 11.2. The van der Waals surface area contributed by atoms with Crippen molar-refractivity contribution in [2.45, 2.75) is 25.0 Å². The third-order valence-electron chi connectivity index (χ3n) is 3.25. The molecule has 0 saturated heterocycles. The SMILES string of the molecule is CCCCNC1=C([N+](=O)[O-])C(SC)c2cc(Br)cc(Br)c2O1. The number of halogens is 2. The highest BCUT2D eigenvalue weighted by Crippen LogP contribution is 2.48. The molecule has 1 aliphatic heterocycles. The minimum atomic E-state index is -0.378. The van der Waals surface area contributed by atoms with E-state index in [-0.39, 0.29) is 21.8 Å². The van der Waals surface area contributed by atoms with Crippen molar-refractivity contribution < 1.29 is 9.66 Å². The molecule has 0 fully saturated rings. The van der Waals surface area contributed by atoms with E-state index in [1.807, 2.05) is 18.4 Å². The van der Waals surface area contributed by atoms with Gasteiger partial charge in [-0.25, -0.2) is 0 Å². The maximum atomic E-state index is 11.5. The Hall–Kier alpha value is -0.730. The fourth-order valence-corrected chi connectivity index (χ4v) is 4.41. The second-order valence-electron chi connectivity index (χ2n) is 4.78. The van der Waals surface area contributed by atoms with Crippen molar-refractivity contribution in [3.63, 3.8) is 0 Å². The molecular formula is C14H16Br2N2O3S. The van der Waals surface area contributed by atoms with Crippen LogP contribution >= 0.6 is 43.6 Å². The van der Waals surface area contributed by atoms with E-state index >= 15 is 0 Å². The number of unbranched alkanes of at least 4 members (excludes halogenated alkanes) is 1. The molecular weight excluding hydrogens is 436 g/mol. The van der Waals surface area contributed by atoms with E-state index in [0.29, 0.717) is 12.3 Å². The van der Waals surface area contributed by atoms with Crippen LogP contribution in [0.1, 0.15) is 30.6 Å². The molecule has 1 atom stereocenters. The molecule has 0 spiro atoms. The van der Waals surface area contributed by atoms with Crippen LogP contribution in [0.4, 0.5) is 0 Å². The lowest BCUT2D eigenvalue weighted by Gasteiger charge is -2.26. The van der Waals surface area contributed by atoms with Crippen LogP contribution in [-0.4, -0.2) is 17.7 Å². The van der Waals surface area contributed by atoms with Gasteiger partial charge in [-0.2, -0.15) is 0 Å². The van der Waals surface area contributed by atoms with Crippen LogP contribution in [-0.2, 0) is 0 Å². The van der Waals surface area contributed by atoms with Crippen molar-refractivity contribution in [3.05, 3.63) is 48.3 Å². The molecule has 22 heavy (non-hydrogen) atoms. The molecule has 0 aliphatic carbocycles. The maximum absolute atomic E-state index is 11.5. The van der Waals surface area contributed by atoms with E-state index in [1.54, 1.807) is 0 Å². The number of hydrogen-bond donors (Lipinski definition) is 1. The van der Waals surface area contributed by atoms with Crippen LogP contribution in [0.2, 0.25) is 0 Å². The number of hydrogen-bond acceptors (Lipinski definition) is 5. The number of benzene rings is 1. The number of fused-ring (bicyclic) bond motifs is 1. The first-order chi connectivity index (χ1) is 10.5. The quantitative estimate of drug-likeness (QED) is 0.380. The molecule has 0 saturated carbocycles. The number of nitrogens with one attached hydrogen (secondary N) is 1. The molecule has 1 aromatic rings. The number of nitrogens with zero attached hydrogens (tertiary/aromatic N) is 1. The predicted molar refractivity (Wildman–Crippen MR) is 95.7 cm³/mol. The van der Waals surface area contributed by atoms with Crippen molar-refractivity contribution in [2.24, 2.45) is 0 Å². The third kappa shape index (κ3) is 3.60. The van der Waals surface area contributed by atoms with Crippen molar-refractivity contribution in [1.82, 2.24) is 5.32 Å². The zero-order valence-corrected chi connectivity index (χ0v) is 16.2. The highest BCUT2D eigenvalue weighted by atomic mass is 79.9. The first kappa shape index (κ1) is 17.6. The molecule has 2 rings (SSSR count). The Balaban J connectivity index is 2.48. The Labute approximate surface area is 150 Å². The number of thioether (sulfide) groups is 1. The molecule has 5 nitrogen and oxygen atoms in total. The minimum absolute atomic E-state index is 0.0705. The van der Waals surface area contributed by atoms with Crippen molar-refractivity contribution in [2.75, 3.05) is 12.8 Å². The molecule has 0 radical (unpaired) electrons. The van der Waals surface area contributed by atoms with Gasteiger partial charge in [-0.15, -0.1) is 11.8 Å². The summed E-state index contributed by atoms with van der Waals surface area (Å²) in [5, 5.41) is 14.2. The predicted octanol–water partition coefficient (Wildman–Crippen LogP) is 4.84. The molecule has 0 aromatic heterocycles. The summed E-state index contributed by atoms with van der Waals surface area (Å²) in [6.45, 7) is 2.72. The van der Waals surface area contributed by atoms with E-state index in [1.165, 1.54) is 11.8 Å². The molecule has 1 N–H and O–H groups in total.